The summed E-state index contributed by atoms with van der Waals surface area (Å²) in [6.45, 7) is 7.46. The van der Waals surface area contributed by atoms with Gasteiger partial charge in [-0.05, 0) is 40.5 Å². The molecule has 1 fully saturated rings. The highest BCUT2D eigenvalue weighted by atomic mass is 16.6. The molecular weight excluding hydrogens is 230 g/mol. The van der Waals surface area contributed by atoms with Gasteiger partial charge in [-0.2, -0.15) is 0 Å². The molecule has 1 atom stereocenters. The SMILES string of the molecule is CC(CO)N(C(=O)OC(C)(C)C)C1CCCCC1. The molecule has 4 nitrogen and oxygen atoms in total. The molecule has 0 saturated heterocycles. The van der Waals surface area contributed by atoms with Gasteiger partial charge in [0.05, 0.1) is 12.6 Å². The molecule has 0 aromatic rings. The van der Waals surface area contributed by atoms with E-state index in [0.29, 0.717) is 0 Å². The van der Waals surface area contributed by atoms with Crippen LogP contribution in [-0.4, -0.2) is 40.4 Å². The van der Waals surface area contributed by atoms with E-state index >= 15 is 0 Å². The number of rotatable bonds is 3. The maximum atomic E-state index is 12.3. The quantitative estimate of drug-likeness (QED) is 0.845. The van der Waals surface area contributed by atoms with Crippen LogP contribution in [0.15, 0.2) is 0 Å². The van der Waals surface area contributed by atoms with Gasteiger partial charge in [-0.15, -0.1) is 0 Å². The number of carbonyl (C=O) groups is 1. The maximum absolute atomic E-state index is 12.3. The highest BCUT2D eigenvalue weighted by molar-refractivity contribution is 5.69. The van der Waals surface area contributed by atoms with Gasteiger partial charge in [0, 0.05) is 6.04 Å². The molecule has 1 unspecified atom stereocenters. The van der Waals surface area contributed by atoms with E-state index in [1.807, 2.05) is 27.7 Å². The van der Waals surface area contributed by atoms with Crippen LogP contribution in [0.1, 0.15) is 59.8 Å². The van der Waals surface area contributed by atoms with Crippen molar-refractivity contribution in [2.45, 2.75) is 77.5 Å². The second kappa shape index (κ2) is 6.41. The van der Waals surface area contributed by atoms with E-state index in [0.717, 1.165) is 25.7 Å². The monoisotopic (exact) mass is 257 g/mol. The Bertz CT molecular complexity index is 267. The molecule has 1 amide bonds. The molecule has 18 heavy (non-hydrogen) atoms. The van der Waals surface area contributed by atoms with Crippen LogP contribution in [0.5, 0.6) is 0 Å². The number of amides is 1. The van der Waals surface area contributed by atoms with Gasteiger partial charge >= 0.3 is 6.09 Å². The summed E-state index contributed by atoms with van der Waals surface area (Å²) in [5.74, 6) is 0. The molecule has 0 aliphatic heterocycles. The summed E-state index contributed by atoms with van der Waals surface area (Å²) in [5, 5.41) is 9.33. The zero-order chi connectivity index (χ0) is 13.8. The average molecular weight is 257 g/mol. The Kier molecular flexibility index (Phi) is 5.45. The van der Waals surface area contributed by atoms with Crippen LogP contribution in [0.2, 0.25) is 0 Å². The minimum atomic E-state index is -0.487. The molecule has 1 aliphatic carbocycles. The molecule has 0 spiro atoms. The van der Waals surface area contributed by atoms with Gasteiger partial charge in [-0.25, -0.2) is 4.79 Å². The van der Waals surface area contributed by atoms with E-state index in [1.54, 1.807) is 4.90 Å². The van der Waals surface area contributed by atoms with Gasteiger partial charge in [0.15, 0.2) is 0 Å². The third kappa shape index (κ3) is 4.48. The second-order valence-corrected chi connectivity index (χ2v) is 6.21. The van der Waals surface area contributed by atoms with Gasteiger partial charge in [0.2, 0.25) is 0 Å². The van der Waals surface area contributed by atoms with E-state index in [9.17, 15) is 9.90 Å². The van der Waals surface area contributed by atoms with Gasteiger partial charge in [-0.1, -0.05) is 19.3 Å². The van der Waals surface area contributed by atoms with E-state index in [1.165, 1.54) is 6.42 Å². The number of aliphatic hydroxyl groups excluding tert-OH is 1. The molecule has 0 radical (unpaired) electrons. The standard InChI is InChI=1S/C14H27NO3/c1-11(10-16)15(12-8-6-5-7-9-12)13(17)18-14(2,3)4/h11-12,16H,5-10H2,1-4H3. The first-order valence-electron chi connectivity index (χ1n) is 6.97. The van der Waals surface area contributed by atoms with Crippen molar-refractivity contribution < 1.29 is 14.6 Å². The van der Waals surface area contributed by atoms with Crippen molar-refractivity contribution >= 4 is 6.09 Å². The average Bonchev–Trinajstić information content (AvgIpc) is 2.28. The molecule has 0 aromatic heterocycles. The summed E-state index contributed by atoms with van der Waals surface area (Å²) < 4.78 is 5.45. The lowest BCUT2D eigenvalue weighted by Gasteiger charge is -2.38. The van der Waals surface area contributed by atoms with Crippen molar-refractivity contribution in [1.82, 2.24) is 4.90 Å². The summed E-state index contributed by atoms with van der Waals surface area (Å²) in [6.07, 6.45) is 5.29. The van der Waals surface area contributed by atoms with Crippen LogP contribution in [0.4, 0.5) is 4.79 Å². The molecule has 1 aliphatic rings. The number of carbonyl (C=O) groups excluding carboxylic acids is 1. The van der Waals surface area contributed by atoms with Crippen LogP contribution in [0.25, 0.3) is 0 Å². The van der Waals surface area contributed by atoms with E-state index < -0.39 is 5.60 Å². The normalized spacial score (nSPS) is 19.4. The highest BCUT2D eigenvalue weighted by Crippen LogP contribution is 2.25. The molecule has 0 aromatic carbocycles. The molecule has 0 bridgehead atoms. The third-order valence-electron chi connectivity index (χ3n) is 3.31. The summed E-state index contributed by atoms with van der Waals surface area (Å²) in [6, 6.07) is 0.0405. The topological polar surface area (TPSA) is 49.8 Å². The van der Waals surface area contributed by atoms with Crippen LogP contribution in [-0.2, 0) is 4.74 Å². The number of aliphatic hydroxyl groups is 1. The highest BCUT2D eigenvalue weighted by Gasteiger charge is 2.32. The molecule has 4 heteroatoms. The lowest BCUT2D eigenvalue weighted by Crippen LogP contribution is -2.50. The van der Waals surface area contributed by atoms with Crippen LogP contribution in [0.3, 0.4) is 0 Å². The Morgan fingerprint density at radius 2 is 1.89 bits per heavy atom. The number of ether oxygens (including phenoxy) is 1. The van der Waals surface area contributed by atoms with E-state index in [2.05, 4.69) is 0 Å². The van der Waals surface area contributed by atoms with Gasteiger partial charge in [0.25, 0.3) is 0 Å². The van der Waals surface area contributed by atoms with Crippen molar-refractivity contribution in [3.8, 4) is 0 Å². The number of hydrogen-bond donors (Lipinski definition) is 1. The zero-order valence-corrected chi connectivity index (χ0v) is 12.1. The van der Waals surface area contributed by atoms with Crippen molar-refractivity contribution in [3.05, 3.63) is 0 Å². The minimum Gasteiger partial charge on any atom is -0.444 e. The first kappa shape index (κ1) is 15.3. The first-order chi connectivity index (χ1) is 8.35. The fourth-order valence-electron chi connectivity index (χ4n) is 2.45. The number of nitrogens with zero attached hydrogens (tertiary/aromatic N) is 1. The Balaban J connectivity index is 2.73. The zero-order valence-electron chi connectivity index (χ0n) is 12.1. The summed E-state index contributed by atoms with van der Waals surface area (Å²) >= 11 is 0. The lowest BCUT2D eigenvalue weighted by atomic mass is 9.93. The Hall–Kier alpha value is -0.770. The second-order valence-electron chi connectivity index (χ2n) is 6.21. The maximum Gasteiger partial charge on any atom is 0.410 e. The Morgan fingerprint density at radius 1 is 1.33 bits per heavy atom. The van der Waals surface area contributed by atoms with Crippen molar-refractivity contribution in [3.63, 3.8) is 0 Å². The Morgan fingerprint density at radius 3 is 2.33 bits per heavy atom. The Labute approximate surface area is 110 Å². The van der Waals surface area contributed by atoms with Gasteiger partial charge < -0.3 is 14.7 Å². The van der Waals surface area contributed by atoms with Crippen LogP contribution in [0, 0.1) is 0 Å². The molecule has 1 saturated carbocycles. The molecule has 0 heterocycles. The van der Waals surface area contributed by atoms with E-state index in [4.69, 9.17) is 4.74 Å². The lowest BCUT2D eigenvalue weighted by molar-refractivity contribution is -0.00518. The van der Waals surface area contributed by atoms with Crippen molar-refractivity contribution in [2.24, 2.45) is 0 Å². The fourth-order valence-corrected chi connectivity index (χ4v) is 2.45. The summed E-state index contributed by atoms with van der Waals surface area (Å²) in [4.78, 5) is 14.0. The predicted octanol–water partition coefficient (Wildman–Crippen LogP) is 2.94. The van der Waals surface area contributed by atoms with Crippen LogP contribution < -0.4 is 0 Å². The largest absolute Gasteiger partial charge is 0.444 e. The van der Waals surface area contributed by atoms with Gasteiger partial charge in [-0.3, -0.25) is 0 Å². The number of hydrogen-bond acceptors (Lipinski definition) is 3. The van der Waals surface area contributed by atoms with Gasteiger partial charge in [0.1, 0.15) is 5.60 Å². The smallest absolute Gasteiger partial charge is 0.410 e. The predicted molar refractivity (Wildman–Crippen MR) is 71.5 cm³/mol. The molecule has 1 rings (SSSR count). The van der Waals surface area contributed by atoms with Crippen molar-refractivity contribution in [1.29, 1.82) is 0 Å². The molecule has 1 N–H and O–H groups in total. The molecular formula is C14H27NO3. The van der Waals surface area contributed by atoms with E-state index in [-0.39, 0.29) is 24.8 Å². The molecule has 106 valence electrons. The first-order valence-corrected chi connectivity index (χ1v) is 6.97. The third-order valence-corrected chi connectivity index (χ3v) is 3.31. The summed E-state index contributed by atoms with van der Waals surface area (Å²) in [7, 11) is 0. The van der Waals surface area contributed by atoms with Crippen molar-refractivity contribution in [2.75, 3.05) is 6.61 Å². The minimum absolute atomic E-state index is 0.0181. The summed E-state index contributed by atoms with van der Waals surface area (Å²) in [5.41, 5.74) is -0.487. The van der Waals surface area contributed by atoms with Crippen LogP contribution >= 0.6 is 0 Å². The fraction of sp³-hybridized carbons (Fsp3) is 0.929.